The van der Waals surface area contributed by atoms with Crippen molar-refractivity contribution >= 4 is 38.1 Å². The lowest BCUT2D eigenvalue weighted by molar-refractivity contribution is 1.37. The number of fused-ring (bicyclic) bond motifs is 6. The molecular weight excluding hydrogens is 446 g/mol. The molecule has 0 bridgehead atoms. The van der Waals surface area contributed by atoms with E-state index in [0.717, 1.165) is 0 Å². The van der Waals surface area contributed by atoms with Gasteiger partial charge in [0.1, 0.15) is 0 Å². The summed E-state index contributed by atoms with van der Waals surface area (Å²) in [5.74, 6) is 0. The van der Waals surface area contributed by atoms with E-state index in [1.54, 1.807) is 0 Å². The van der Waals surface area contributed by atoms with E-state index in [1.165, 1.54) is 71.5 Å². The fourth-order valence-corrected chi connectivity index (χ4v) is 5.98. The molecular formula is C36H23N. The minimum atomic E-state index is 1.23. The van der Waals surface area contributed by atoms with Crippen LogP contribution in [-0.4, -0.2) is 4.40 Å². The smallest absolute Gasteiger partial charge is 0.0620 e. The van der Waals surface area contributed by atoms with Crippen molar-refractivity contribution in [3.05, 3.63) is 140 Å². The molecule has 0 saturated heterocycles. The van der Waals surface area contributed by atoms with Crippen molar-refractivity contribution in [2.24, 2.45) is 0 Å². The second-order valence-corrected chi connectivity index (χ2v) is 9.81. The van der Waals surface area contributed by atoms with Gasteiger partial charge in [-0.25, -0.2) is 0 Å². The summed E-state index contributed by atoms with van der Waals surface area (Å²) in [5.41, 5.74) is 11.3. The van der Waals surface area contributed by atoms with E-state index in [-0.39, 0.29) is 0 Å². The summed E-state index contributed by atoms with van der Waals surface area (Å²) in [6.45, 7) is 0. The molecule has 8 aromatic rings. The summed E-state index contributed by atoms with van der Waals surface area (Å²) in [4.78, 5) is 0. The Morgan fingerprint density at radius 1 is 0.297 bits per heavy atom. The van der Waals surface area contributed by atoms with Crippen molar-refractivity contribution in [3.63, 3.8) is 0 Å². The quantitative estimate of drug-likeness (QED) is 0.242. The number of para-hydroxylation sites is 2. The maximum Gasteiger partial charge on any atom is 0.0620 e. The first-order valence-corrected chi connectivity index (χ1v) is 12.8. The molecule has 6 aromatic carbocycles. The highest BCUT2D eigenvalue weighted by atomic mass is 14.9. The molecule has 2 aromatic heterocycles. The molecule has 1 nitrogen and oxygen atoms in total. The van der Waals surface area contributed by atoms with Crippen molar-refractivity contribution in [3.8, 4) is 33.4 Å². The third-order valence-electron chi connectivity index (χ3n) is 7.74. The first kappa shape index (κ1) is 20.3. The zero-order valence-corrected chi connectivity index (χ0v) is 20.2. The van der Waals surface area contributed by atoms with Crippen LogP contribution in [0.3, 0.4) is 0 Å². The van der Waals surface area contributed by atoms with Gasteiger partial charge in [-0.1, -0.05) is 115 Å². The molecule has 172 valence electrons. The van der Waals surface area contributed by atoms with Crippen LogP contribution in [-0.2, 0) is 0 Å². The minimum Gasteiger partial charge on any atom is -0.308 e. The molecule has 0 saturated carbocycles. The Bertz CT molecular complexity index is 2060. The molecule has 1 heteroatoms. The Morgan fingerprint density at radius 3 is 1.59 bits per heavy atom. The number of nitrogens with zero attached hydrogens (tertiary/aromatic N) is 1. The number of aromatic nitrogens is 1. The van der Waals surface area contributed by atoms with E-state index < -0.39 is 0 Å². The van der Waals surface area contributed by atoms with E-state index in [0.29, 0.717) is 0 Å². The molecule has 0 aliphatic heterocycles. The minimum absolute atomic E-state index is 1.23. The largest absolute Gasteiger partial charge is 0.308 e. The van der Waals surface area contributed by atoms with Gasteiger partial charge >= 0.3 is 0 Å². The maximum atomic E-state index is 2.43. The summed E-state index contributed by atoms with van der Waals surface area (Å²) < 4.78 is 2.43. The van der Waals surface area contributed by atoms with Gasteiger partial charge < -0.3 is 4.40 Å². The average Bonchev–Trinajstić information content (AvgIpc) is 3.50. The topological polar surface area (TPSA) is 4.41 Å². The third-order valence-corrected chi connectivity index (χ3v) is 7.74. The summed E-state index contributed by atoms with van der Waals surface area (Å²) in [6, 6.07) is 50.7. The van der Waals surface area contributed by atoms with Crippen molar-refractivity contribution in [1.29, 1.82) is 0 Å². The van der Waals surface area contributed by atoms with E-state index >= 15 is 0 Å². The fraction of sp³-hybridized carbons (Fsp3) is 0. The normalized spacial score (nSPS) is 11.8. The van der Waals surface area contributed by atoms with Crippen LogP contribution >= 0.6 is 0 Å². The summed E-state index contributed by atoms with van der Waals surface area (Å²) in [7, 11) is 0. The predicted molar refractivity (Wildman–Crippen MR) is 157 cm³/mol. The van der Waals surface area contributed by atoms with Crippen LogP contribution in [0.15, 0.2) is 140 Å². The standard InChI is InChI=1S/C36H23N/c1-2-8-24(9-3-1)25-16-18-26(19-17-25)27-10-6-11-28(22-27)29-20-21-35-33(23-29)32-14-7-13-31-30-12-4-5-15-34(30)37(35)36(31)32/h1-23H. The predicted octanol–water partition coefficient (Wildman–Crippen LogP) is 9.84. The van der Waals surface area contributed by atoms with E-state index in [1.807, 2.05) is 0 Å². The maximum absolute atomic E-state index is 2.43. The Morgan fingerprint density at radius 2 is 0.784 bits per heavy atom. The lowest BCUT2D eigenvalue weighted by atomic mass is 9.96. The zero-order valence-electron chi connectivity index (χ0n) is 20.2. The second kappa shape index (κ2) is 7.81. The van der Waals surface area contributed by atoms with Gasteiger partial charge in [-0.3, -0.25) is 0 Å². The van der Waals surface area contributed by atoms with Crippen molar-refractivity contribution < 1.29 is 0 Å². The lowest BCUT2D eigenvalue weighted by Crippen LogP contribution is -1.84. The zero-order chi connectivity index (χ0) is 24.3. The first-order valence-electron chi connectivity index (χ1n) is 12.8. The molecule has 0 amide bonds. The highest BCUT2D eigenvalue weighted by molar-refractivity contribution is 6.23. The third kappa shape index (κ3) is 3.04. The Hall–Kier alpha value is -4.88. The van der Waals surface area contributed by atoms with E-state index in [9.17, 15) is 0 Å². The van der Waals surface area contributed by atoms with Crippen LogP contribution in [0.5, 0.6) is 0 Å². The first-order chi connectivity index (χ1) is 18.3. The van der Waals surface area contributed by atoms with Gasteiger partial charge in [0.15, 0.2) is 0 Å². The molecule has 2 heterocycles. The van der Waals surface area contributed by atoms with Crippen molar-refractivity contribution in [2.75, 3.05) is 0 Å². The van der Waals surface area contributed by atoms with Gasteiger partial charge in [0.25, 0.3) is 0 Å². The van der Waals surface area contributed by atoms with Gasteiger partial charge in [0, 0.05) is 21.5 Å². The van der Waals surface area contributed by atoms with Gasteiger partial charge in [-0.05, 0) is 57.6 Å². The summed E-state index contributed by atoms with van der Waals surface area (Å²) in [6.07, 6.45) is 0. The van der Waals surface area contributed by atoms with E-state index in [2.05, 4.69) is 144 Å². The van der Waals surface area contributed by atoms with Crippen LogP contribution in [0.1, 0.15) is 0 Å². The molecule has 0 radical (unpaired) electrons. The number of rotatable bonds is 3. The monoisotopic (exact) mass is 469 g/mol. The second-order valence-electron chi connectivity index (χ2n) is 9.81. The lowest BCUT2D eigenvalue weighted by Gasteiger charge is -2.08. The molecule has 8 rings (SSSR count). The van der Waals surface area contributed by atoms with E-state index in [4.69, 9.17) is 0 Å². The summed E-state index contributed by atoms with van der Waals surface area (Å²) in [5, 5.41) is 5.27. The van der Waals surface area contributed by atoms with Gasteiger partial charge in [0.05, 0.1) is 16.6 Å². The number of hydrogen-bond donors (Lipinski definition) is 0. The highest BCUT2D eigenvalue weighted by Crippen LogP contribution is 2.40. The van der Waals surface area contributed by atoms with Crippen molar-refractivity contribution in [2.45, 2.75) is 0 Å². The molecule has 0 unspecified atom stereocenters. The average molecular weight is 470 g/mol. The van der Waals surface area contributed by atoms with Gasteiger partial charge in [-0.2, -0.15) is 0 Å². The highest BCUT2D eigenvalue weighted by Gasteiger charge is 2.17. The molecule has 0 spiro atoms. The summed E-state index contributed by atoms with van der Waals surface area (Å²) >= 11 is 0. The SMILES string of the molecule is c1ccc(-c2ccc(-c3cccc(-c4ccc5c(c4)c4cccc6c7ccccc7n5c64)c3)cc2)cc1. The molecule has 0 aliphatic carbocycles. The fourth-order valence-electron chi connectivity index (χ4n) is 5.98. The molecule has 0 fully saturated rings. The molecule has 37 heavy (non-hydrogen) atoms. The Kier molecular flexibility index (Phi) is 4.29. The van der Waals surface area contributed by atoms with Crippen molar-refractivity contribution in [1.82, 2.24) is 4.40 Å². The number of benzene rings is 6. The van der Waals surface area contributed by atoms with Crippen LogP contribution in [0.2, 0.25) is 0 Å². The van der Waals surface area contributed by atoms with Gasteiger partial charge in [-0.15, -0.1) is 0 Å². The molecule has 0 N–H and O–H groups in total. The number of hydrogen-bond acceptors (Lipinski definition) is 0. The molecule has 0 atom stereocenters. The van der Waals surface area contributed by atoms with Crippen LogP contribution < -0.4 is 0 Å². The Balaban J connectivity index is 1.24. The van der Waals surface area contributed by atoms with Crippen LogP contribution in [0, 0.1) is 0 Å². The van der Waals surface area contributed by atoms with Crippen LogP contribution in [0.4, 0.5) is 0 Å². The Labute approximate surface area is 215 Å². The molecule has 0 aliphatic rings. The van der Waals surface area contributed by atoms with Crippen LogP contribution in [0.25, 0.3) is 71.5 Å². The van der Waals surface area contributed by atoms with Gasteiger partial charge in [0.2, 0.25) is 0 Å².